The van der Waals surface area contributed by atoms with Crippen molar-refractivity contribution in [1.29, 1.82) is 0 Å². The van der Waals surface area contributed by atoms with E-state index in [2.05, 4.69) is 20.4 Å². The smallest absolute Gasteiger partial charge is 0.322 e. The molecule has 0 aromatic carbocycles. The van der Waals surface area contributed by atoms with E-state index in [9.17, 15) is 19.5 Å². The van der Waals surface area contributed by atoms with E-state index in [1.54, 1.807) is 0 Å². The van der Waals surface area contributed by atoms with Gasteiger partial charge in [-0.25, -0.2) is 4.98 Å². The summed E-state index contributed by atoms with van der Waals surface area (Å²) in [7, 11) is 1.27. The van der Waals surface area contributed by atoms with Gasteiger partial charge in [-0.3, -0.25) is 20.2 Å². The molecule has 4 heterocycles. The monoisotopic (exact) mass is 570 g/mol. The molecule has 2 aromatic heterocycles. The first-order valence-corrected chi connectivity index (χ1v) is 13.3. The Labute approximate surface area is 221 Å². The maximum atomic E-state index is 12.9. The van der Waals surface area contributed by atoms with Gasteiger partial charge in [0.05, 0.1) is 0 Å². The molecule has 12 N–H and O–H groups in total. The Kier molecular flexibility index (Phi) is 7.11. The van der Waals surface area contributed by atoms with Crippen molar-refractivity contribution in [2.45, 2.75) is 16.6 Å². The number of aromatic nitrogens is 3. The van der Waals surface area contributed by atoms with Gasteiger partial charge in [-0.05, 0) is 11.8 Å². The molecule has 4 rings (SSSR count). The van der Waals surface area contributed by atoms with Crippen LogP contribution in [-0.2, 0) is 19.2 Å². The number of nitrogens with one attached hydrogen (secondary N) is 1. The van der Waals surface area contributed by atoms with Crippen LogP contribution in [0.5, 0.6) is 0 Å². The fourth-order valence-corrected chi connectivity index (χ4v) is 7.03. The van der Waals surface area contributed by atoms with E-state index in [-0.39, 0.29) is 57.1 Å². The molecule has 19 heteroatoms. The van der Waals surface area contributed by atoms with Crippen molar-refractivity contribution in [3.63, 3.8) is 0 Å². The molecule has 0 saturated carbocycles. The van der Waals surface area contributed by atoms with Crippen LogP contribution in [0.25, 0.3) is 0 Å². The quantitative estimate of drug-likeness (QED) is 0.0328. The molecule has 2 saturated heterocycles. The number of nitrogens with zero attached hydrogens (tertiary/aromatic N) is 5. The summed E-state index contributed by atoms with van der Waals surface area (Å²) in [5, 5.41) is 17.9. The van der Waals surface area contributed by atoms with Crippen LogP contribution < -0.4 is 38.8 Å². The molecule has 2 fully saturated rings. The number of carboxylic acids is 1. The van der Waals surface area contributed by atoms with Crippen LogP contribution in [0.3, 0.4) is 0 Å². The number of nitrogen functional groups attached to an aromatic ring is 5. The van der Waals surface area contributed by atoms with Gasteiger partial charge >= 0.3 is 11.1 Å². The van der Waals surface area contributed by atoms with Crippen molar-refractivity contribution in [1.82, 2.24) is 20.2 Å². The maximum absolute atomic E-state index is 12.9. The second-order valence-electron chi connectivity index (χ2n) is 8.13. The standard InChI is InChI=1S/C18H23N11O5S3/c1-34-27-8(6-2-35-16(22)24-6)12(30)25-9-13(31)28-3-18(15(32)33,4-36-14(9)28)5-37-17-26-10(20)7(19)11(21)29(17)23/h2,9,14H,3-5,23H2,1H3,(H9,19,20,21,22,24,25,27,30,32,33)/p+1/t9?,14-,18?/m1/s1. The van der Waals surface area contributed by atoms with Gasteiger partial charge in [-0.1, -0.05) is 10.1 Å². The molecule has 16 nitrogen and oxygen atoms in total. The van der Waals surface area contributed by atoms with Crippen LogP contribution in [0.2, 0.25) is 0 Å². The summed E-state index contributed by atoms with van der Waals surface area (Å²) in [4.78, 5) is 52.4. The Morgan fingerprint density at radius 1 is 1.38 bits per heavy atom. The highest BCUT2D eigenvalue weighted by atomic mass is 32.2. The first kappa shape index (κ1) is 26.4. The van der Waals surface area contributed by atoms with Crippen LogP contribution in [0.1, 0.15) is 5.69 Å². The van der Waals surface area contributed by atoms with E-state index in [1.807, 2.05) is 0 Å². The van der Waals surface area contributed by atoms with Gasteiger partial charge in [-0.15, -0.1) is 27.8 Å². The minimum atomic E-state index is -1.32. The first-order chi connectivity index (χ1) is 17.5. The fourth-order valence-electron chi connectivity index (χ4n) is 3.69. The fraction of sp³-hybridized carbons (Fsp3) is 0.389. The van der Waals surface area contributed by atoms with Gasteiger partial charge in [0.2, 0.25) is 11.7 Å². The first-order valence-electron chi connectivity index (χ1n) is 10.4. The third-order valence-corrected chi connectivity index (χ3v) is 9.26. The summed E-state index contributed by atoms with van der Waals surface area (Å²) in [5.41, 5.74) is 21.7. The van der Waals surface area contributed by atoms with Crippen LogP contribution in [0.4, 0.5) is 22.5 Å². The van der Waals surface area contributed by atoms with E-state index in [0.29, 0.717) is 0 Å². The number of β-lactam (4-membered cyclic amide) rings is 1. The molecule has 0 aliphatic carbocycles. The third-order valence-electron chi connectivity index (χ3n) is 5.76. The second kappa shape index (κ2) is 9.98. The Bertz CT molecular complexity index is 1300. The van der Waals surface area contributed by atoms with Crippen LogP contribution in [0.15, 0.2) is 15.7 Å². The van der Waals surface area contributed by atoms with Gasteiger partial charge in [0.1, 0.15) is 29.6 Å². The van der Waals surface area contributed by atoms with E-state index in [4.69, 9.17) is 33.6 Å². The number of nitrogens with two attached hydrogens (primary N) is 5. The predicted molar refractivity (Wildman–Crippen MR) is 139 cm³/mol. The molecule has 2 aliphatic rings. The van der Waals surface area contributed by atoms with E-state index >= 15 is 0 Å². The number of rotatable bonds is 8. The average Bonchev–Trinajstić information content (AvgIpc) is 3.31. The van der Waals surface area contributed by atoms with E-state index in [1.165, 1.54) is 29.2 Å². The molecular formula is C18H24N11O5S3+. The normalized spacial score (nSPS) is 23.2. The van der Waals surface area contributed by atoms with Gasteiger partial charge in [-0.2, -0.15) is 0 Å². The zero-order chi connectivity index (χ0) is 27.1. The van der Waals surface area contributed by atoms with E-state index in [0.717, 1.165) is 27.8 Å². The lowest BCUT2D eigenvalue weighted by atomic mass is 9.89. The number of fused-ring (bicyclic) bond motifs is 1. The Morgan fingerprint density at radius 3 is 2.73 bits per heavy atom. The topological polar surface area (TPSA) is 268 Å². The number of oxime groups is 1. The second-order valence-corrected chi connectivity index (χ2v) is 11.1. The number of thiazole rings is 1. The highest BCUT2D eigenvalue weighted by Gasteiger charge is 2.57. The number of thioether (sulfide) groups is 2. The molecule has 37 heavy (non-hydrogen) atoms. The number of amides is 2. The summed E-state index contributed by atoms with van der Waals surface area (Å²) < 4.78 is 1.03. The van der Waals surface area contributed by atoms with Crippen LogP contribution in [0, 0.1) is 5.41 Å². The number of hydrogen-bond acceptors (Lipinski definition) is 15. The van der Waals surface area contributed by atoms with Gasteiger partial charge in [0, 0.05) is 23.4 Å². The van der Waals surface area contributed by atoms with Gasteiger partial charge in [0.15, 0.2) is 16.5 Å². The maximum Gasteiger partial charge on any atom is 0.322 e. The predicted octanol–water partition coefficient (Wildman–Crippen LogP) is -2.52. The highest BCUT2D eigenvalue weighted by molar-refractivity contribution is 8.00. The molecule has 0 bridgehead atoms. The zero-order valence-electron chi connectivity index (χ0n) is 19.3. The minimum absolute atomic E-state index is 0.00863. The molecular weight excluding hydrogens is 546 g/mol. The third kappa shape index (κ3) is 4.71. The van der Waals surface area contributed by atoms with Crippen molar-refractivity contribution in [2.75, 3.05) is 53.9 Å². The zero-order valence-corrected chi connectivity index (χ0v) is 21.7. The Hall–Kier alpha value is -3.71. The van der Waals surface area contributed by atoms with Crippen molar-refractivity contribution in [2.24, 2.45) is 10.6 Å². The SMILES string of the molecule is CON=C(C(=O)NC1C(=O)N2CC(CSc3nc(N)c(N)c(N)[n+]3N)(C(=O)O)CS[C@H]12)c1csc(N)n1. The number of hydrogen-bond donors (Lipinski definition) is 7. The molecule has 2 aromatic rings. The van der Waals surface area contributed by atoms with Gasteiger partial charge in [0.25, 0.3) is 11.7 Å². The molecule has 0 radical (unpaired) electrons. The summed E-state index contributed by atoms with van der Waals surface area (Å²) in [6.07, 6.45) is 0. The summed E-state index contributed by atoms with van der Waals surface area (Å²) >= 11 is 3.39. The number of carboxylic acid groups (broad SMARTS) is 1. The van der Waals surface area contributed by atoms with Crippen LogP contribution >= 0.6 is 34.9 Å². The summed E-state index contributed by atoms with van der Waals surface area (Å²) in [6, 6.07) is -0.875. The van der Waals surface area contributed by atoms with Crippen molar-refractivity contribution < 1.29 is 29.0 Å². The lowest BCUT2D eigenvalue weighted by Crippen LogP contribution is -2.74. The lowest BCUT2D eigenvalue weighted by Gasteiger charge is -2.53. The molecule has 2 unspecified atom stereocenters. The summed E-state index contributed by atoms with van der Waals surface area (Å²) in [6.45, 7) is -0.0790. The number of carbonyl (C=O) groups is 3. The van der Waals surface area contributed by atoms with Crippen molar-refractivity contribution >= 4 is 80.8 Å². The van der Waals surface area contributed by atoms with Crippen molar-refractivity contribution in [3.05, 3.63) is 11.1 Å². The highest BCUT2D eigenvalue weighted by Crippen LogP contribution is 2.44. The van der Waals surface area contributed by atoms with Gasteiger partial charge < -0.3 is 43.1 Å². The molecule has 2 amide bonds. The largest absolute Gasteiger partial charge is 0.481 e. The number of anilines is 4. The minimum Gasteiger partial charge on any atom is -0.481 e. The Morgan fingerprint density at radius 2 is 2.11 bits per heavy atom. The summed E-state index contributed by atoms with van der Waals surface area (Å²) in [5.74, 6) is 3.85. The Balaban J connectivity index is 1.45. The van der Waals surface area contributed by atoms with Crippen molar-refractivity contribution in [3.8, 4) is 0 Å². The molecule has 3 atom stereocenters. The molecule has 198 valence electrons. The molecule has 0 spiro atoms. The molecule has 2 aliphatic heterocycles. The number of carbonyl (C=O) groups excluding carboxylic acids is 2. The average molecular weight is 571 g/mol. The number of aliphatic carboxylic acids is 1. The van der Waals surface area contributed by atoms with Crippen LogP contribution in [-0.4, -0.2) is 80.0 Å². The van der Waals surface area contributed by atoms with E-state index < -0.39 is 34.6 Å². The lowest BCUT2D eigenvalue weighted by molar-refractivity contribution is -0.667.